The predicted octanol–water partition coefficient (Wildman–Crippen LogP) is 1.60. The van der Waals surface area contributed by atoms with Gasteiger partial charge in [0.2, 0.25) is 10.0 Å². The number of nitrogen functional groups attached to an aromatic ring is 1. The van der Waals surface area contributed by atoms with Crippen LogP contribution in [0.5, 0.6) is 5.75 Å². The summed E-state index contributed by atoms with van der Waals surface area (Å²) < 4.78 is 31.5. The number of rotatable bonds is 6. The number of ether oxygens (including phenoxy) is 1. The summed E-state index contributed by atoms with van der Waals surface area (Å²) in [7, 11) is -2.04. The maximum Gasteiger partial charge on any atom is 0.242 e. The van der Waals surface area contributed by atoms with Crippen molar-refractivity contribution in [3.05, 3.63) is 18.2 Å². The minimum atomic E-state index is -3.54. The number of sulfonamides is 1. The molecule has 1 aromatic rings. The second-order valence-electron chi connectivity index (χ2n) is 4.48. The van der Waals surface area contributed by atoms with E-state index in [1.54, 1.807) is 6.07 Å². The van der Waals surface area contributed by atoms with E-state index in [0.717, 1.165) is 6.42 Å². The van der Waals surface area contributed by atoms with E-state index in [0.29, 0.717) is 18.2 Å². The average molecular weight is 272 g/mol. The SMILES string of the molecule is COc1ccc(S(=O)(=O)NCCC(C)C)c(N)c1. The molecule has 0 atom stereocenters. The van der Waals surface area contributed by atoms with E-state index in [2.05, 4.69) is 4.72 Å². The summed E-state index contributed by atoms with van der Waals surface area (Å²) in [6.45, 7) is 4.48. The molecule has 1 rings (SSSR count). The molecule has 102 valence electrons. The topological polar surface area (TPSA) is 81.4 Å². The molecule has 18 heavy (non-hydrogen) atoms. The van der Waals surface area contributed by atoms with Gasteiger partial charge in [0, 0.05) is 12.6 Å². The second kappa shape index (κ2) is 6.06. The minimum Gasteiger partial charge on any atom is -0.497 e. The van der Waals surface area contributed by atoms with Crippen LogP contribution in [-0.4, -0.2) is 22.1 Å². The van der Waals surface area contributed by atoms with Gasteiger partial charge in [-0.1, -0.05) is 13.8 Å². The zero-order valence-electron chi connectivity index (χ0n) is 10.9. The van der Waals surface area contributed by atoms with Gasteiger partial charge in [-0.15, -0.1) is 0 Å². The highest BCUT2D eigenvalue weighted by atomic mass is 32.2. The second-order valence-corrected chi connectivity index (χ2v) is 6.22. The predicted molar refractivity (Wildman–Crippen MR) is 72.0 cm³/mol. The van der Waals surface area contributed by atoms with E-state index >= 15 is 0 Å². The van der Waals surface area contributed by atoms with Crippen molar-refractivity contribution in [2.24, 2.45) is 5.92 Å². The van der Waals surface area contributed by atoms with Crippen molar-refractivity contribution in [1.82, 2.24) is 4.72 Å². The van der Waals surface area contributed by atoms with Crippen LogP contribution >= 0.6 is 0 Å². The Kier molecular flexibility index (Phi) is 4.98. The Morgan fingerprint density at radius 3 is 2.56 bits per heavy atom. The first-order valence-corrected chi connectivity index (χ1v) is 7.28. The highest BCUT2D eigenvalue weighted by molar-refractivity contribution is 7.89. The molecule has 3 N–H and O–H groups in total. The van der Waals surface area contributed by atoms with Gasteiger partial charge in [-0.05, 0) is 24.5 Å². The third-order valence-corrected chi connectivity index (χ3v) is 4.06. The molecule has 0 saturated heterocycles. The summed E-state index contributed by atoms with van der Waals surface area (Å²) >= 11 is 0. The molecule has 6 heteroatoms. The van der Waals surface area contributed by atoms with Crippen molar-refractivity contribution >= 4 is 15.7 Å². The number of anilines is 1. The molecule has 0 spiro atoms. The molecular weight excluding hydrogens is 252 g/mol. The Morgan fingerprint density at radius 2 is 2.06 bits per heavy atom. The van der Waals surface area contributed by atoms with E-state index < -0.39 is 10.0 Å². The van der Waals surface area contributed by atoms with E-state index in [-0.39, 0.29) is 10.6 Å². The summed E-state index contributed by atoms with van der Waals surface area (Å²) in [4.78, 5) is 0.0899. The first kappa shape index (κ1) is 14.8. The minimum absolute atomic E-state index is 0.0899. The molecule has 0 radical (unpaired) electrons. The van der Waals surface area contributed by atoms with Crippen LogP contribution in [-0.2, 0) is 10.0 Å². The summed E-state index contributed by atoms with van der Waals surface area (Å²) in [6, 6.07) is 4.52. The Balaban J connectivity index is 2.85. The summed E-state index contributed by atoms with van der Waals surface area (Å²) in [6.07, 6.45) is 0.787. The lowest BCUT2D eigenvalue weighted by Gasteiger charge is -2.11. The molecule has 0 bridgehead atoms. The monoisotopic (exact) mass is 272 g/mol. The van der Waals surface area contributed by atoms with E-state index in [1.165, 1.54) is 19.2 Å². The number of methoxy groups -OCH3 is 1. The van der Waals surface area contributed by atoms with Crippen molar-refractivity contribution < 1.29 is 13.2 Å². The summed E-state index contributed by atoms with van der Waals surface area (Å²) in [5, 5.41) is 0. The van der Waals surface area contributed by atoms with Gasteiger partial charge >= 0.3 is 0 Å². The summed E-state index contributed by atoms with van der Waals surface area (Å²) in [5.41, 5.74) is 5.90. The van der Waals surface area contributed by atoms with Gasteiger partial charge in [-0.25, -0.2) is 13.1 Å². The number of nitrogens with one attached hydrogen (secondary N) is 1. The Labute approximate surface area is 108 Å². The van der Waals surface area contributed by atoms with E-state index in [4.69, 9.17) is 10.5 Å². The molecule has 0 saturated carbocycles. The highest BCUT2D eigenvalue weighted by Crippen LogP contribution is 2.23. The molecule has 0 aliphatic rings. The highest BCUT2D eigenvalue weighted by Gasteiger charge is 2.17. The molecule has 0 aliphatic heterocycles. The quantitative estimate of drug-likeness (QED) is 0.771. The Bertz CT molecular complexity index is 498. The molecule has 0 fully saturated rings. The van der Waals surface area contributed by atoms with Crippen LogP contribution in [0.4, 0.5) is 5.69 Å². The van der Waals surface area contributed by atoms with E-state index in [9.17, 15) is 8.42 Å². The van der Waals surface area contributed by atoms with Crippen molar-refractivity contribution in [2.75, 3.05) is 19.4 Å². The number of benzene rings is 1. The van der Waals surface area contributed by atoms with Crippen LogP contribution < -0.4 is 15.2 Å². The van der Waals surface area contributed by atoms with Gasteiger partial charge in [-0.2, -0.15) is 0 Å². The maximum atomic E-state index is 12.0. The lowest BCUT2D eigenvalue weighted by molar-refractivity contribution is 0.414. The van der Waals surface area contributed by atoms with Crippen LogP contribution in [0.2, 0.25) is 0 Å². The average Bonchev–Trinajstić information content (AvgIpc) is 2.27. The maximum absolute atomic E-state index is 12.0. The van der Waals surface area contributed by atoms with Crippen LogP contribution in [0.1, 0.15) is 20.3 Å². The molecule has 0 aromatic heterocycles. The normalized spacial score (nSPS) is 11.8. The number of hydrogen-bond acceptors (Lipinski definition) is 4. The van der Waals surface area contributed by atoms with Crippen LogP contribution in [0, 0.1) is 5.92 Å². The lowest BCUT2D eigenvalue weighted by atomic mass is 10.1. The van der Waals surface area contributed by atoms with Gasteiger partial charge < -0.3 is 10.5 Å². The standard InChI is InChI=1S/C12H20N2O3S/c1-9(2)6-7-14-18(15,16)12-5-4-10(17-3)8-11(12)13/h4-5,8-9,14H,6-7,13H2,1-3H3. The molecule has 0 unspecified atom stereocenters. The van der Waals surface area contributed by atoms with Crippen LogP contribution in [0.3, 0.4) is 0 Å². The molecule has 0 heterocycles. The van der Waals surface area contributed by atoms with Gasteiger partial charge in [0.15, 0.2) is 0 Å². The van der Waals surface area contributed by atoms with Crippen molar-refractivity contribution in [3.63, 3.8) is 0 Å². The van der Waals surface area contributed by atoms with E-state index in [1.807, 2.05) is 13.8 Å². The number of hydrogen-bond donors (Lipinski definition) is 2. The van der Waals surface area contributed by atoms with Crippen LogP contribution in [0.15, 0.2) is 23.1 Å². The third-order valence-electron chi connectivity index (χ3n) is 2.52. The van der Waals surface area contributed by atoms with Gasteiger partial charge in [0.1, 0.15) is 10.6 Å². The molecular formula is C12H20N2O3S. The van der Waals surface area contributed by atoms with Gasteiger partial charge in [-0.3, -0.25) is 0 Å². The Morgan fingerprint density at radius 1 is 1.39 bits per heavy atom. The van der Waals surface area contributed by atoms with Gasteiger partial charge in [0.25, 0.3) is 0 Å². The Hall–Kier alpha value is -1.27. The molecule has 5 nitrogen and oxygen atoms in total. The van der Waals surface area contributed by atoms with Crippen molar-refractivity contribution in [3.8, 4) is 5.75 Å². The molecule has 0 amide bonds. The largest absolute Gasteiger partial charge is 0.497 e. The fourth-order valence-corrected chi connectivity index (χ4v) is 2.62. The lowest BCUT2D eigenvalue weighted by Crippen LogP contribution is -2.26. The zero-order valence-corrected chi connectivity index (χ0v) is 11.8. The molecule has 0 aliphatic carbocycles. The fraction of sp³-hybridized carbons (Fsp3) is 0.500. The van der Waals surface area contributed by atoms with Crippen LogP contribution in [0.25, 0.3) is 0 Å². The third kappa shape index (κ3) is 3.89. The number of nitrogens with two attached hydrogens (primary N) is 1. The first-order valence-electron chi connectivity index (χ1n) is 5.80. The molecule has 1 aromatic carbocycles. The smallest absolute Gasteiger partial charge is 0.242 e. The van der Waals surface area contributed by atoms with Crippen molar-refractivity contribution in [1.29, 1.82) is 0 Å². The summed E-state index contributed by atoms with van der Waals surface area (Å²) in [5.74, 6) is 0.981. The van der Waals surface area contributed by atoms with Crippen molar-refractivity contribution in [2.45, 2.75) is 25.2 Å². The fourth-order valence-electron chi connectivity index (χ4n) is 1.46. The first-order chi connectivity index (χ1) is 8.36. The zero-order chi connectivity index (χ0) is 13.8. The van der Waals surface area contributed by atoms with Gasteiger partial charge in [0.05, 0.1) is 12.8 Å².